The van der Waals surface area contributed by atoms with E-state index in [4.69, 9.17) is 9.72 Å². The minimum atomic E-state index is 0. The normalized spacial score (nSPS) is 11.2. The van der Waals surface area contributed by atoms with Crippen LogP contribution in [0.25, 0.3) is 49.7 Å². The number of benzene rings is 3. The summed E-state index contributed by atoms with van der Waals surface area (Å²) < 4.78 is 8.37. The fraction of sp³-hybridized carbons (Fsp3) is 0.0333. The minimum absolute atomic E-state index is 0. The molecule has 4 heterocycles. The van der Waals surface area contributed by atoms with E-state index in [0.29, 0.717) is 11.5 Å². The summed E-state index contributed by atoms with van der Waals surface area (Å²) in [5.74, 6) is 1.19. The standard InChI is InChI=1S/C30H18N4O.Pd/c1-19-13-15-31-26(16-19)20-6-4-7-21(17-20)35-22-11-12-23-24(18-22)30-33-25-8-2-3-9-27(25)34(30)28-10-5-14-32-29(23)28;/h2-16H,1H3;/q-2;+2. The maximum absolute atomic E-state index is 6.22. The average molecular weight is 557 g/mol. The van der Waals surface area contributed by atoms with Crippen LogP contribution in [0.3, 0.4) is 0 Å². The van der Waals surface area contributed by atoms with Gasteiger partial charge in [0.05, 0.1) is 27.7 Å². The molecule has 0 unspecified atom stereocenters. The third-order valence-corrected chi connectivity index (χ3v) is 6.17. The molecule has 5 nitrogen and oxygen atoms in total. The number of aryl methyl sites for hydroxylation is 1. The van der Waals surface area contributed by atoms with Gasteiger partial charge in [-0.05, 0) is 42.9 Å². The van der Waals surface area contributed by atoms with Crippen molar-refractivity contribution in [1.82, 2.24) is 19.4 Å². The van der Waals surface area contributed by atoms with Crippen molar-refractivity contribution in [3.8, 4) is 22.8 Å². The Morgan fingerprint density at radius 2 is 1.64 bits per heavy atom. The maximum Gasteiger partial charge on any atom is 2.00 e. The molecule has 0 radical (unpaired) electrons. The van der Waals surface area contributed by atoms with Crippen LogP contribution in [0.5, 0.6) is 11.5 Å². The molecule has 0 spiro atoms. The summed E-state index contributed by atoms with van der Waals surface area (Å²) in [6.45, 7) is 2.05. The molecule has 0 saturated carbocycles. The third kappa shape index (κ3) is 3.63. The molecule has 36 heavy (non-hydrogen) atoms. The molecule has 0 saturated heterocycles. The van der Waals surface area contributed by atoms with Crippen molar-refractivity contribution in [2.75, 3.05) is 0 Å². The van der Waals surface area contributed by atoms with Crippen LogP contribution < -0.4 is 4.74 Å². The number of fused-ring (bicyclic) bond motifs is 8. The van der Waals surface area contributed by atoms with Gasteiger partial charge in [0.25, 0.3) is 0 Å². The molecule has 0 N–H and O–H groups in total. The zero-order valence-electron chi connectivity index (χ0n) is 19.2. The third-order valence-electron chi connectivity index (χ3n) is 6.17. The first-order valence-electron chi connectivity index (χ1n) is 11.4. The Hall–Kier alpha value is -4.11. The Morgan fingerprint density at radius 3 is 2.56 bits per heavy atom. The zero-order chi connectivity index (χ0) is 23.4. The van der Waals surface area contributed by atoms with Gasteiger partial charge in [-0.3, -0.25) is 9.97 Å². The van der Waals surface area contributed by atoms with Crippen LogP contribution in [0, 0.1) is 19.1 Å². The minimum Gasteiger partial charge on any atom is -0.497 e. The Kier molecular flexibility index (Phi) is 5.49. The van der Waals surface area contributed by atoms with E-state index < -0.39 is 0 Å². The van der Waals surface area contributed by atoms with Crippen LogP contribution >= 0.6 is 0 Å². The first-order valence-corrected chi connectivity index (χ1v) is 11.4. The summed E-state index contributed by atoms with van der Waals surface area (Å²) in [6.07, 6.45) is 3.62. The van der Waals surface area contributed by atoms with Crippen LogP contribution in [0.4, 0.5) is 0 Å². The van der Waals surface area contributed by atoms with E-state index in [0.717, 1.165) is 55.3 Å². The molecule has 6 heteroatoms. The summed E-state index contributed by atoms with van der Waals surface area (Å²) >= 11 is 0. The number of nitrogens with zero attached hydrogens (tertiary/aromatic N) is 4. The van der Waals surface area contributed by atoms with Crippen LogP contribution in [-0.2, 0) is 20.4 Å². The van der Waals surface area contributed by atoms with Gasteiger partial charge in [-0.2, -0.15) is 0 Å². The van der Waals surface area contributed by atoms with Gasteiger partial charge in [0.2, 0.25) is 0 Å². The largest absolute Gasteiger partial charge is 2.00 e. The second kappa shape index (κ2) is 8.84. The van der Waals surface area contributed by atoms with E-state index in [1.54, 1.807) is 6.20 Å². The molecular formula is C30H18N4OPd. The quantitative estimate of drug-likeness (QED) is 0.134. The van der Waals surface area contributed by atoms with E-state index in [2.05, 4.69) is 38.6 Å². The zero-order valence-corrected chi connectivity index (χ0v) is 20.7. The van der Waals surface area contributed by atoms with Crippen LogP contribution in [0.1, 0.15) is 5.56 Å². The van der Waals surface area contributed by atoms with Crippen molar-refractivity contribution in [2.24, 2.45) is 0 Å². The predicted octanol–water partition coefficient (Wildman–Crippen LogP) is 6.95. The molecular weight excluding hydrogens is 539 g/mol. The summed E-state index contributed by atoms with van der Waals surface area (Å²) in [7, 11) is 0. The van der Waals surface area contributed by atoms with Gasteiger partial charge in [0, 0.05) is 23.9 Å². The Bertz CT molecular complexity index is 1910. The number of pyridine rings is 3. The molecule has 3 aromatic carbocycles. The van der Waals surface area contributed by atoms with Gasteiger partial charge in [-0.15, -0.1) is 29.8 Å². The number of aromatic nitrogens is 4. The Labute approximate surface area is 221 Å². The molecule has 7 rings (SSSR count). The number of ether oxygens (including phenoxy) is 1. The summed E-state index contributed by atoms with van der Waals surface area (Å²) in [6, 6.07) is 32.7. The molecule has 4 aromatic heterocycles. The molecule has 0 aliphatic rings. The van der Waals surface area contributed by atoms with Crippen molar-refractivity contribution in [1.29, 1.82) is 0 Å². The number of para-hydroxylation sites is 2. The van der Waals surface area contributed by atoms with Crippen LogP contribution in [0.2, 0.25) is 0 Å². The molecule has 7 aromatic rings. The van der Waals surface area contributed by atoms with E-state index in [1.165, 1.54) is 0 Å². The smallest absolute Gasteiger partial charge is 0.497 e. The maximum atomic E-state index is 6.22. The first kappa shape index (κ1) is 22.4. The van der Waals surface area contributed by atoms with Gasteiger partial charge in [0.15, 0.2) is 0 Å². The van der Waals surface area contributed by atoms with Crippen molar-refractivity contribution in [2.45, 2.75) is 6.92 Å². The predicted molar refractivity (Wildman–Crippen MR) is 138 cm³/mol. The van der Waals surface area contributed by atoms with Crippen molar-refractivity contribution < 1.29 is 25.2 Å². The van der Waals surface area contributed by atoms with Crippen molar-refractivity contribution in [3.05, 3.63) is 109 Å². The fourth-order valence-electron chi connectivity index (χ4n) is 4.59. The SMILES string of the molecule is Cc1ccnc(-c2[c-]c(Oc3[c-]c4c(cc3)c3ncccc3n3c5ccccc5nc43)ccc2)c1.[Pd+2]. The fourth-order valence-corrected chi connectivity index (χ4v) is 4.59. The summed E-state index contributed by atoms with van der Waals surface area (Å²) in [4.78, 5) is 14.1. The number of rotatable bonds is 3. The molecule has 0 aliphatic carbocycles. The number of hydrogen-bond acceptors (Lipinski definition) is 4. The summed E-state index contributed by atoms with van der Waals surface area (Å²) in [5, 5.41) is 1.85. The summed E-state index contributed by atoms with van der Waals surface area (Å²) in [5.41, 5.74) is 7.59. The second-order valence-corrected chi connectivity index (χ2v) is 8.49. The molecule has 0 bridgehead atoms. The van der Waals surface area contributed by atoms with Crippen molar-refractivity contribution >= 4 is 38.5 Å². The van der Waals surface area contributed by atoms with Gasteiger partial charge in [-0.25, -0.2) is 0 Å². The first-order chi connectivity index (χ1) is 17.2. The Morgan fingerprint density at radius 1 is 0.778 bits per heavy atom. The van der Waals surface area contributed by atoms with Gasteiger partial charge in [0.1, 0.15) is 0 Å². The van der Waals surface area contributed by atoms with Gasteiger partial charge < -0.3 is 14.1 Å². The average Bonchev–Trinajstić information content (AvgIpc) is 3.29. The van der Waals surface area contributed by atoms with E-state index >= 15 is 0 Å². The molecule has 0 atom stereocenters. The number of hydrogen-bond donors (Lipinski definition) is 0. The van der Waals surface area contributed by atoms with Crippen LogP contribution in [0.15, 0.2) is 91.3 Å². The van der Waals surface area contributed by atoms with Gasteiger partial charge in [-0.1, -0.05) is 52.7 Å². The van der Waals surface area contributed by atoms with Gasteiger partial charge >= 0.3 is 20.4 Å². The molecule has 0 amide bonds. The molecule has 0 fully saturated rings. The Balaban J connectivity index is 0.00000240. The van der Waals surface area contributed by atoms with E-state index in [1.807, 2.05) is 79.9 Å². The molecule has 174 valence electrons. The van der Waals surface area contributed by atoms with E-state index in [9.17, 15) is 0 Å². The second-order valence-electron chi connectivity index (χ2n) is 8.49. The number of imidazole rings is 1. The topological polar surface area (TPSA) is 52.3 Å². The monoisotopic (exact) mass is 556 g/mol. The van der Waals surface area contributed by atoms with Crippen molar-refractivity contribution in [3.63, 3.8) is 0 Å². The van der Waals surface area contributed by atoms with Crippen LogP contribution in [-0.4, -0.2) is 19.4 Å². The molecule has 0 aliphatic heterocycles. The van der Waals surface area contributed by atoms with E-state index in [-0.39, 0.29) is 20.4 Å².